The van der Waals surface area contributed by atoms with Crippen molar-refractivity contribution in [2.24, 2.45) is 5.92 Å². The summed E-state index contributed by atoms with van der Waals surface area (Å²) < 4.78 is 13.3. The maximum atomic E-state index is 13.3. The molecule has 1 unspecified atom stereocenters. The fourth-order valence-corrected chi connectivity index (χ4v) is 2.90. The molecule has 1 atom stereocenters. The van der Waals surface area contributed by atoms with Gasteiger partial charge in [0, 0.05) is 19.5 Å². The van der Waals surface area contributed by atoms with Gasteiger partial charge in [0.25, 0.3) is 0 Å². The number of aliphatic carboxylic acids is 1. The molecular formula is C16H19FN2O2. The highest BCUT2D eigenvalue weighted by Crippen LogP contribution is 2.23. The van der Waals surface area contributed by atoms with Crippen molar-refractivity contribution in [1.82, 2.24) is 4.90 Å². The molecule has 112 valence electrons. The van der Waals surface area contributed by atoms with E-state index >= 15 is 0 Å². The summed E-state index contributed by atoms with van der Waals surface area (Å²) in [5.74, 6) is -0.721. The molecule has 1 saturated heterocycles. The first kappa shape index (κ1) is 15.5. The normalized spacial score (nSPS) is 19.1. The Morgan fingerprint density at radius 3 is 3.05 bits per heavy atom. The smallest absolute Gasteiger partial charge is 0.303 e. The number of carboxylic acid groups (broad SMARTS) is 1. The van der Waals surface area contributed by atoms with Gasteiger partial charge in [-0.1, -0.05) is 0 Å². The van der Waals surface area contributed by atoms with Crippen LogP contribution >= 0.6 is 0 Å². The van der Waals surface area contributed by atoms with E-state index in [1.54, 1.807) is 0 Å². The molecule has 1 aliphatic heterocycles. The molecule has 2 rings (SSSR count). The Labute approximate surface area is 123 Å². The molecule has 0 aliphatic carbocycles. The number of carbonyl (C=O) groups is 1. The average Bonchev–Trinajstić information content (AvgIpc) is 2.46. The Kier molecular flexibility index (Phi) is 5.29. The largest absolute Gasteiger partial charge is 0.481 e. The SMILES string of the molecule is N#Cc1ccc(F)cc1CN1CCCC(CCC(=O)O)C1. The molecule has 4 nitrogen and oxygen atoms in total. The van der Waals surface area contributed by atoms with Gasteiger partial charge in [0.15, 0.2) is 0 Å². The van der Waals surface area contributed by atoms with Gasteiger partial charge >= 0.3 is 5.97 Å². The first-order valence-corrected chi connectivity index (χ1v) is 7.21. The van der Waals surface area contributed by atoms with E-state index in [9.17, 15) is 9.18 Å². The molecule has 1 aromatic rings. The molecule has 0 amide bonds. The molecule has 21 heavy (non-hydrogen) atoms. The third-order valence-electron chi connectivity index (χ3n) is 3.95. The number of halogens is 1. The summed E-state index contributed by atoms with van der Waals surface area (Å²) in [5, 5.41) is 17.8. The fourth-order valence-electron chi connectivity index (χ4n) is 2.90. The lowest BCUT2D eigenvalue weighted by Gasteiger charge is -2.32. The quantitative estimate of drug-likeness (QED) is 0.905. The highest BCUT2D eigenvalue weighted by molar-refractivity contribution is 5.66. The van der Waals surface area contributed by atoms with Crippen molar-refractivity contribution in [3.8, 4) is 6.07 Å². The standard InChI is InChI=1S/C16H19FN2O2/c17-15-5-4-13(9-18)14(8-15)11-19-7-1-2-12(10-19)3-6-16(20)21/h4-5,8,12H,1-3,6-7,10-11H2,(H,20,21). The molecule has 1 N–H and O–H groups in total. The van der Waals surface area contributed by atoms with E-state index in [-0.39, 0.29) is 12.2 Å². The molecule has 0 radical (unpaired) electrons. The summed E-state index contributed by atoms with van der Waals surface area (Å²) in [5.41, 5.74) is 1.21. The topological polar surface area (TPSA) is 64.3 Å². The number of benzene rings is 1. The summed E-state index contributed by atoms with van der Waals surface area (Å²) in [6, 6.07) is 6.32. The van der Waals surface area contributed by atoms with Crippen molar-refractivity contribution >= 4 is 5.97 Å². The summed E-state index contributed by atoms with van der Waals surface area (Å²) in [4.78, 5) is 12.8. The maximum absolute atomic E-state index is 13.3. The van der Waals surface area contributed by atoms with Crippen LogP contribution in [0.5, 0.6) is 0 Å². The van der Waals surface area contributed by atoms with Gasteiger partial charge < -0.3 is 5.11 Å². The third-order valence-corrected chi connectivity index (χ3v) is 3.95. The second-order valence-corrected chi connectivity index (χ2v) is 5.59. The lowest BCUT2D eigenvalue weighted by atomic mass is 9.93. The third kappa shape index (κ3) is 4.54. The van der Waals surface area contributed by atoms with Gasteiger partial charge in [0.05, 0.1) is 11.6 Å². The van der Waals surface area contributed by atoms with Crippen LogP contribution in [-0.4, -0.2) is 29.1 Å². The second-order valence-electron chi connectivity index (χ2n) is 5.59. The number of rotatable bonds is 5. The van der Waals surface area contributed by atoms with Crippen LogP contribution < -0.4 is 0 Å². The van der Waals surface area contributed by atoms with E-state index in [0.717, 1.165) is 25.9 Å². The number of hydrogen-bond acceptors (Lipinski definition) is 3. The van der Waals surface area contributed by atoms with Crippen molar-refractivity contribution in [3.63, 3.8) is 0 Å². The summed E-state index contributed by atoms with van der Waals surface area (Å²) in [6.07, 6.45) is 2.93. The van der Waals surface area contributed by atoms with Crippen LogP contribution in [0.25, 0.3) is 0 Å². The zero-order valence-corrected chi connectivity index (χ0v) is 11.9. The molecule has 1 heterocycles. The lowest BCUT2D eigenvalue weighted by molar-refractivity contribution is -0.137. The van der Waals surface area contributed by atoms with Crippen LogP contribution in [0.3, 0.4) is 0 Å². The molecule has 5 heteroatoms. The Hall–Kier alpha value is -1.93. The average molecular weight is 290 g/mol. The summed E-state index contributed by atoms with van der Waals surface area (Å²) >= 11 is 0. The van der Waals surface area contributed by atoms with Gasteiger partial charge in [-0.3, -0.25) is 9.69 Å². The van der Waals surface area contributed by atoms with E-state index in [2.05, 4.69) is 11.0 Å². The molecular weight excluding hydrogens is 271 g/mol. The van der Waals surface area contributed by atoms with Crippen LogP contribution in [-0.2, 0) is 11.3 Å². The molecule has 0 saturated carbocycles. The predicted octanol–water partition coefficient (Wildman–Crippen LogP) is 2.77. The first-order valence-electron chi connectivity index (χ1n) is 7.21. The number of hydrogen-bond donors (Lipinski definition) is 1. The van der Waals surface area contributed by atoms with Crippen molar-refractivity contribution in [2.75, 3.05) is 13.1 Å². The van der Waals surface area contributed by atoms with Crippen LogP contribution in [0, 0.1) is 23.1 Å². The minimum Gasteiger partial charge on any atom is -0.481 e. The van der Waals surface area contributed by atoms with Crippen LogP contribution in [0.2, 0.25) is 0 Å². The van der Waals surface area contributed by atoms with E-state index in [1.807, 2.05) is 0 Å². The van der Waals surface area contributed by atoms with Crippen molar-refractivity contribution in [2.45, 2.75) is 32.2 Å². The van der Waals surface area contributed by atoms with Gasteiger partial charge in [-0.15, -0.1) is 0 Å². The second kappa shape index (κ2) is 7.19. The monoisotopic (exact) mass is 290 g/mol. The van der Waals surface area contributed by atoms with E-state index in [4.69, 9.17) is 10.4 Å². The van der Waals surface area contributed by atoms with Crippen LogP contribution in [0.1, 0.15) is 36.8 Å². The van der Waals surface area contributed by atoms with Gasteiger partial charge in [0.2, 0.25) is 0 Å². The first-order chi connectivity index (χ1) is 10.1. The molecule has 0 bridgehead atoms. The number of nitrogens with zero attached hydrogens (tertiary/aromatic N) is 2. The van der Waals surface area contributed by atoms with Gasteiger partial charge in [-0.25, -0.2) is 4.39 Å². The Bertz CT molecular complexity index is 554. The number of nitriles is 1. The highest BCUT2D eigenvalue weighted by Gasteiger charge is 2.21. The molecule has 1 fully saturated rings. The minimum atomic E-state index is -0.760. The van der Waals surface area contributed by atoms with Gasteiger partial charge in [-0.05, 0) is 55.5 Å². The van der Waals surface area contributed by atoms with Crippen molar-refractivity contribution in [3.05, 3.63) is 35.1 Å². The Balaban J connectivity index is 1.98. The molecule has 0 spiro atoms. The van der Waals surface area contributed by atoms with Gasteiger partial charge in [-0.2, -0.15) is 5.26 Å². The van der Waals surface area contributed by atoms with E-state index < -0.39 is 5.97 Å². The van der Waals surface area contributed by atoms with Crippen molar-refractivity contribution < 1.29 is 14.3 Å². The summed E-state index contributed by atoms with van der Waals surface area (Å²) in [6.45, 7) is 2.27. The maximum Gasteiger partial charge on any atom is 0.303 e. The van der Waals surface area contributed by atoms with E-state index in [1.165, 1.54) is 18.2 Å². The Morgan fingerprint density at radius 2 is 2.33 bits per heavy atom. The minimum absolute atomic E-state index is 0.196. The van der Waals surface area contributed by atoms with Crippen LogP contribution in [0.4, 0.5) is 4.39 Å². The highest BCUT2D eigenvalue weighted by atomic mass is 19.1. The number of carboxylic acids is 1. The van der Waals surface area contributed by atoms with Gasteiger partial charge in [0.1, 0.15) is 5.82 Å². The molecule has 1 aromatic carbocycles. The van der Waals surface area contributed by atoms with Crippen LogP contribution in [0.15, 0.2) is 18.2 Å². The fraction of sp³-hybridized carbons (Fsp3) is 0.500. The molecule has 1 aliphatic rings. The predicted molar refractivity (Wildman–Crippen MR) is 76.0 cm³/mol. The number of likely N-dealkylation sites (tertiary alicyclic amines) is 1. The number of piperidine rings is 1. The molecule has 0 aromatic heterocycles. The zero-order chi connectivity index (χ0) is 15.2. The Morgan fingerprint density at radius 1 is 1.52 bits per heavy atom. The van der Waals surface area contributed by atoms with E-state index in [0.29, 0.717) is 30.0 Å². The lowest BCUT2D eigenvalue weighted by Crippen LogP contribution is -2.35. The summed E-state index contributed by atoms with van der Waals surface area (Å²) in [7, 11) is 0. The van der Waals surface area contributed by atoms with Crippen molar-refractivity contribution in [1.29, 1.82) is 5.26 Å². The zero-order valence-electron chi connectivity index (χ0n) is 11.9.